The Bertz CT molecular complexity index is 299. The Morgan fingerprint density at radius 3 is 2.94 bits per heavy atom. The van der Waals surface area contributed by atoms with E-state index >= 15 is 0 Å². The summed E-state index contributed by atoms with van der Waals surface area (Å²) in [7, 11) is 1.73. The minimum Gasteiger partial charge on any atom is -0.446 e. The highest BCUT2D eigenvalue weighted by atomic mass is 16.5. The number of rotatable bonds is 9. The van der Waals surface area contributed by atoms with Gasteiger partial charge in [-0.05, 0) is 26.3 Å². The number of oxazole rings is 1. The molecule has 4 heteroatoms. The van der Waals surface area contributed by atoms with Gasteiger partial charge in [0.2, 0.25) is 0 Å². The summed E-state index contributed by atoms with van der Waals surface area (Å²) in [6.45, 7) is 6.21. The van der Waals surface area contributed by atoms with Crippen molar-refractivity contribution in [1.29, 1.82) is 0 Å². The van der Waals surface area contributed by atoms with Crippen molar-refractivity contribution in [3.8, 4) is 0 Å². The van der Waals surface area contributed by atoms with Crippen LogP contribution in [0.15, 0.2) is 10.6 Å². The van der Waals surface area contributed by atoms with E-state index in [-0.39, 0.29) is 6.10 Å². The van der Waals surface area contributed by atoms with Gasteiger partial charge in [0, 0.05) is 26.5 Å². The summed E-state index contributed by atoms with van der Waals surface area (Å²) >= 11 is 0. The minimum absolute atomic E-state index is 0.273. The van der Waals surface area contributed by atoms with Crippen molar-refractivity contribution in [3.05, 3.63) is 17.8 Å². The van der Waals surface area contributed by atoms with E-state index in [0.717, 1.165) is 50.4 Å². The Labute approximate surface area is 104 Å². The summed E-state index contributed by atoms with van der Waals surface area (Å²) in [4.78, 5) is 4.27. The molecule has 98 valence electrons. The zero-order valence-electron chi connectivity index (χ0n) is 11.2. The topological polar surface area (TPSA) is 47.3 Å². The molecule has 0 spiro atoms. The highest BCUT2D eigenvalue weighted by Gasteiger charge is 2.06. The minimum atomic E-state index is 0.273. The summed E-state index contributed by atoms with van der Waals surface area (Å²) in [5, 5.41) is 3.33. The molecule has 0 saturated heterocycles. The van der Waals surface area contributed by atoms with E-state index in [4.69, 9.17) is 9.15 Å². The van der Waals surface area contributed by atoms with Gasteiger partial charge in [0.1, 0.15) is 5.76 Å². The maximum atomic E-state index is 5.65. The monoisotopic (exact) mass is 240 g/mol. The molecule has 1 aromatic rings. The molecule has 0 aliphatic carbocycles. The zero-order chi connectivity index (χ0) is 12.5. The van der Waals surface area contributed by atoms with Gasteiger partial charge in [-0.2, -0.15) is 0 Å². The lowest BCUT2D eigenvalue weighted by Crippen LogP contribution is -2.17. The molecule has 1 rings (SSSR count). The number of ether oxygens (including phenoxy) is 1. The number of hydrogen-bond acceptors (Lipinski definition) is 4. The van der Waals surface area contributed by atoms with Gasteiger partial charge in [0.15, 0.2) is 5.89 Å². The molecule has 0 bridgehead atoms. The van der Waals surface area contributed by atoms with Crippen LogP contribution in [0, 0.1) is 0 Å². The van der Waals surface area contributed by atoms with Crippen LogP contribution in [-0.4, -0.2) is 31.3 Å². The number of hydrogen-bond donors (Lipinski definition) is 1. The van der Waals surface area contributed by atoms with Gasteiger partial charge in [-0.25, -0.2) is 4.98 Å². The Hall–Kier alpha value is -0.870. The van der Waals surface area contributed by atoms with E-state index in [0.29, 0.717) is 0 Å². The maximum Gasteiger partial charge on any atom is 0.195 e. The fourth-order valence-corrected chi connectivity index (χ4v) is 1.54. The summed E-state index contributed by atoms with van der Waals surface area (Å²) in [6, 6.07) is 0. The van der Waals surface area contributed by atoms with Crippen LogP contribution in [0.5, 0.6) is 0 Å². The van der Waals surface area contributed by atoms with Crippen molar-refractivity contribution < 1.29 is 9.15 Å². The highest BCUT2D eigenvalue weighted by Crippen LogP contribution is 2.09. The molecule has 0 aliphatic heterocycles. The summed E-state index contributed by atoms with van der Waals surface area (Å²) in [5.74, 6) is 1.79. The number of aromatic nitrogens is 1. The summed E-state index contributed by atoms with van der Waals surface area (Å²) < 4.78 is 10.9. The van der Waals surface area contributed by atoms with Gasteiger partial charge in [-0.3, -0.25) is 0 Å². The normalized spacial score (nSPS) is 12.9. The van der Waals surface area contributed by atoms with Crippen LogP contribution < -0.4 is 5.32 Å². The van der Waals surface area contributed by atoms with Crippen molar-refractivity contribution >= 4 is 0 Å². The van der Waals surface area contributed by atoms with Crippen LogP contribution in [0.4, 0.5) is 0 Å². The van der Waals surface area contributed by atoms with E-state index in [2.05, 4.69) is 24.1 Å². The first kappa shape index (κ1) is 14.2. The Balaban J connectivity index is 2.22. The van der Waals surface area contributed by atoms with E-state index in [1.54, 1.807) is 7.11 Å². The molecular formula is C13H24N2O2. The molecule has 1 heterocycles. The second-order valence-corrected chi connectivity index (χ2v) is 4.31. The third-order valence-corrected chi connectivity index (χ3v) is 2.74. The van der Waals surface area contributed by atoms with Crippen molar-refractivity contribution in [2.45, 2.75) is 45.6 Å². The van der Waals surface area contributed by atoms with Crippen LogP contribution >= 0.6 is 0 Å². The lowest BCUT2D eigenvalue weighted by Gasteiger charge is -2.06. The molecule has 4 nitrogen and oxygen atoms in total. The van der Waals surface area contributed by atoms with E-state index in [1.165, 1.54) is 0 Å². The van der Waals surface area contributed by atoms with Gasteiger partial charge in [0.05, 0.1) is 12.3 Å². The van der Waals surface area contributed by atoms with Gasteiger partial charge in [-0.1, -0.05) is 6.92 Å². The predicted molar refractivity (Wildman–Crippen MR) is 68.2 cm³/mol. The number of aryl methyl sites for hydroxylation is 1. The van der Waals surface area contributed by atoms with Gasteiger partial charge in [0.25, 0.3) is 0 Å². The standard InChI is InChI=1S/C13H24N2O2/c1-4-8-14-9-7-13-15-10-12(17-13)6-5-11(2)16-3/h10-11,14H,4-9H2,1-3H3. The second kappa shape index (κ2) is 8.25. The molecular weight excluding hydrogens is 216 g/mol. The molecule has 0 radical (unpaired) electrons. The van der Waals surface area contributed by atoms with E-state index < -0.39 is 0 Å². The van der Waals surface area contributed by atoms with Crippen LogP contribution in [0.1, 0.15) is 38.3 Å². The van der Waals surface area contributed by atoms with Gasteiger partial charge in [-0.15, -0.1) is 0 Å². The molecule has 17 heavy (non-hydrogen) atoms. The average molecular weight is 240 g/mol. The van der Waals surface area contributed by atoms with Crippen LogP contribution in [0.25, 0.3) is 0 Å². The Morgan fingerprint density at radius 2 is 2.24 bits per heavy atom. The third-order valence-electron chi connectivity index (χ3n) is 2.74. The SMILES string of the molecule is CCCNCCc1ncc(CCC(C)OC)o1. The maximum absolute atomic E-state index is 5.65. The lowest BCUT2D eigenvalue weighted by molar-refractivity contribution is 0.110. The van der Waals surface area contributed by atoms with E-state index in [9.17, 15) is 0 Å². The molecule has 0 aromatic carbocycles. The van der Waals surface area contributed by atoms with Crippen LogP contribution in [0.3, 0.4) is 0 Å². The quantitative estimate of drug-likeness (QED) is 0.672. The molecule has 0 saturated carbocycles. The first-order valence-electron chi connectivity index (χ1n) is 6.43. The molecule has 1 unspecified atom stereocenters. The number of nitrogens with zero attached hydrogens (tertiary/aromatic N) is 1. The number of methoxy groups -OCH3 is 1. The average Bonchev–Trinajstić information content (AvgIpc) is 2.79. The molecule has 0 amide bonds. The summed E-state index contributed by atoms with van der Waals surface area (Å²) in [6.07, 6.45) is 5.99. The Kier molecular flexibility index (Phi) is 6.89. The van der Waals surface area contributed by atoms with Crippen molar-refractivity contribution in [1.82, 2.24) is 10.3 Å². The zero-order valence-corrected chi connectivity index (χ0v) is 11.2. The fourth-order valence-electron chi connectivity index (χ4n) is 1.54. The third kappa shape index (κ3) is 5.84. The fraction of sp³-hybridized carbons (Fsp3) is 0.769. The molecule has 0 aliphatic rings. The number of nitrogens with one attached hydrogen (secondary N) is 1. The van der Waals surface area contributed by atoms with Crippen LogP contribution in [-0.2, 0) is 17.6 Å². The smallest absolute Gasteiger partial charge is 0.195 e. The molecule has 1 aromatic heterocycles. The largest absolute Gasteiger partial charge is 0.446 e. The predicted octanol–water partition coefficient (Wildman–Crippen LogP) is 2.18. The molecule has 0 fully saturated rings. The summed E-state index contributed by atoms with van der Waals surface area (Å²) in [5.41, 5.74) is 0. The molecule has 1 N–H and O–H groups in total. The molecule has 1 atom stereocenters. The Morgan fingerprint density at radius 1 is 1.41 bits per heavy atom. The van der Waals surface area contributed by atoms with Crippen molar-refractivity contribution in [3.63, 3.8) is 0 Å². The first-order chi connectivity index (χ1) is 8.26. The second-order valence-electron chi connectivity index (χ2n) is 4.31. The van der Waals surface area contributed by atoms with Crippen molar-refractivity contribution in [2.24, 2.45) is 0 Å². The highest BCUT2D eigenvalue weighted by molar-refractivity contribution is 4.95. The van der Waals surface area contributed by atoms with Gasteiger partial charge < -0.3 is 14.5 Å². The van der Waals surface area contributed by atoms with Gasteiger partial charge >= 0.3 is 0 Å². The lowest BCUT2D eigenvalue weighted by atomic mass is 10.2. The first-order valence-corrected chi connectivity index (χ1v) is 6.43. The van der Waals surface area contributed by atoms with Crippen molar-refractivity contribution in [2.75, 3.05) is 20.2 Å². The van der Waals surface area contributed by atoms with Crippen LogP contribution in [0.2, 0.25) is 0 Å². The van der Waals surface area contributed by atoms with E-state index in [1.807, 2.05) is 6.20 Å².